The van der Waals surface area contributed by atoms with Gasteiger partial charge in [-0.05, 0) is 24.1 Å². The molecule has 0 spiro atoms. The molecule has 0 heterocycles. The zero-order valence-corrected chi connectivity index (χ0v) is 18.9. The van der Waals surface area contributed by atoms with Crippen molar-refractivity contribution in [3.63, 3.8) is 0 Å². The Bertz CT molecular complexity index is 914. The predicted octanol–water partition coefficient (Wildman–Crippen LogP) is 4.27. The molecule has 0 saturated heterocycles. The summed E-state index contributed by atoms with van der Waals surface area (Å²) in [6.45, 7) is 1.12. The van der Waals surface area contributed by atoms with Gasteiger partial charge >= 0.3 is 11.9 Å². The fourth-order valence-corrected chi connectivity index (χ4v) is 4.18. The highest BCUT2D eigenvalue weighted by molar-refractivity contribution is 8.76. The lowest BCUT2D eigenvalue weighted by Crippen LogP contribution is -2.20. The van der Waals surface area contributed by atoms with E-state index in [0.29, 0.717) is 22.6 Å². The molecular formula is C21H22FNO7S2. The molecule has 2 aromatic carbocycles. The second-order valence-electron chi connectivity index (χ2n) is 6.36. The van der Waals surface area contributed by atoms with Gasteiger partial charge in [0, 0.05) is 17.1 Å². The van der Waals surface area contributed by atoms with Crippen LogP contribution in [0.2, 0.25) is 0 Å². The third-order valence-corrected chi connectivity index (χ3v) is 6.47. The van der Waals surface area contributed by atoms with Crippen molar-refractivity contribution in [2.45, 2.75) is 12.8 Å². The van der Waals surface area contributed by atoms with Crippen LogP contribution in [0.4, 0.5) is 4.39 Å². The Kier molecular flexibility index (Phi) is 10.8. The Morgan fingerprint density at radius 1 is 1.06 bits per heavy atom. The van der Waals surface area contributed by atoms with Crippen molar-refractivity contribution >= 4 is 33.5 Å². The molecule has 2 aromatic rings. The number of carbonyl (C=O) groups excluding carboxylic acids is 2. The van der Waals surface area contributed by atoms with Gasteiger partial charge in [0.05, 0.1) is 5.92 Å². The number of benzene rings is 2. The quantitative estimate of drug-likeness (QED) is 0.136. The van der Waals surface area contributed by atoms with Crippen molar-refractivity contribution < 1.29 is 33.4 Å². The summed E-state index contributed by atoms with van der Waals surface area (Å²) >= 11 is 0. The number of rotatable bonds is 13. The molecule has 8 nitrogen and oxygen atoms in total. The molecule has 0 fully saturated rings. The molecule has 0 aliphatic heterocycles. The number of hydrogen-bond acceptors (Lipinski definition) is 9. The average molecular weight is 484 g/mol. The highest BCUT2D eigenvalue weighted by Gasteiger charge is 2.20. The van der Waals surface area contributed by atoms with E-state index in [0.717, 1.165) is 5.56 Å². The van der Waals surface area contributed by atoms with Gasteiger partial charge in [0.1, 0.15) is 19.0 Å². The predicted molar refractivity (Wildman–Crippen MR) is 120 cm³/mol. The topological polar surface area (TPSA) is 105 Å². The zero-order valence-electron chi connectivity index (χ0n) is 17.2. The van der Waals surface area contributed by atoms with Gasteiger partial charge in [0.2, 0.25) is 0 Å². The number of carbonyl (C=O) groups is 2. The Labute approximate surface area is 192 Å². The summed E-state index contributed by atoms with van der Waals surface area (Å²) < 4.78 is 24.4. The molecule has 11 heteroatoms. The lowest BCUT2D eigenvalue weighted by Gasteiger charge is -2.13. The average Bonchev–Trinajstić information content (AvgIpc) is 2.79. The molecule has 0 aliphatic carbocycles. The van der Waals surface area contributed by atoms with E-state index >= 15 is 0 Å². The summed E-state index contributed by atoms with van der Waals surface area (Å²) in [4.78, 5) is 38.1. The van der Waals surface area contributed by atoms with Gasteiger partial charge in [-0.3, -0.25) is 4.79 Å². The van der Waals surface area contributed by atoms with E-state index < -0.39 is 35.4 Å². The third-order valence-electron chi connectivity index (χ3n) is 4.14. The maximum atomic E-state index is 14.5. The van der Waals surface area contributed by atoms with Crippen molar-refractivity contribution in [1.82, 2.24) is 0 Å². The van der Waals surface area contributed by atoms with Gasteiger partial charge in [0.25, 0.3) is 5.09 Å². The maximum absolute atomic E-state index is 14.5. The Morgan fingerprint density at radius 3 is 2.41 bits per heavy atom. The molecule has 32 heavy (non-hydrogen) atoms. The molecule has 0 radical (unpaired) electrons. The first-order chi connectivity index (χ1) is 15.4. The summed E-state index contributed by atoms with van der Waals surface area (Å²) in [6.07, 6.45) is 0. The van der Waals surface area contributed by atoms with Crippen LogP contribution in [0.5, 0.6) is 0 Å². The van der Waals surface area contributed by atoms with Gasteiger partial charge in [-0.1, -0.05) is 64.1 Å². The normalized spacial score (nSPS) is 11.4. The van der Waals surface area contributed by atoms with Crippen molar-refractivity contribution in [1.29, 1.82) is 0 Å². The smallest absolute Gasteiger partial charge is 0.344 e. The van der Waals surface area contributed by atoms with Crippen LogP contribution in [0.3, 0.4) is 0 Å². The number of ether oxygens (including phenoxy) is 2. The van der Waals surface area contributed by atoms with Gasteiger partial charge in [-0.2, -0.15) is 0 Å². The van der Waals surface area contributed by atoms with Crippen LogP contribution in [0, 0.1) is 15.9 Å². The summed E-state index contributed by atoms with van der Waals surface area (Å²) in [7, 11) is 2.72. The van der Waals surface area contributed by atoms with Gasteiger partial charge in [0.15, 0.2) is 6.61 Å². The van der Waals surface area contributed by atoms with Crippen LogP contribution >= 0.6 is 21.6 Å². The van der Waals surface area contributed by atoms with E-state index in [1.807, 2.05) is 18.2 Å². The largest absolute Gasteiger partial charge is 0.462 e. The van der Waals surface area contributed by atoms with E-state index in [-0.39, 0.29) is 13.2 Å². The number of nitrogens with zero attached hydrogens (tertiary/aromatic N) is 1. The zero-order chi connectivity index (χ0) is 23.3. The Morgan fingerprint density at radius 2 is 1.75 bits per heavy atom. The van der Waals surface area contributed by atoms with E-state index in [9.17, 15) is 24.1 Å². The summed E-state index contributed by atoms with van der Waals surface area (Å²) in [5.74, 6) is -1.68. The van der Waals surface area contributed by atoms with Gasteiger partial charge < -0.3 is 14.3 Å². The number of hydrogen-bond donors (Lipinski definition) is 0. The molecule has 2 rings (SSSR count). The highest BCUT2D eigenvalue weighted by Crippen LogP contribution is 2.26. The maximum Gasteiger partial charge on any atom is 0.344 e. The lowest BCUT2D eigenvalue weighted by molar-refractivity contribution is -0.756. The molecule has 172 valence electrons. The Hall–Kier alpha value is -2.79. The van der Waals surface area contributed by atoms with Crippen LogP contribution in [0.1, 0.15) is 18.4 Å². The molecule has 0 bridgehead atoms. The monoisotopic (exact) mass is 483 g/mol. The van der Waals surface area contributed by atoms with E-state index in [4.69, 9.17) is 9.47 Å². The SMILES string of the molecule is CC(C(=O)OCC(=O)OCCSSCCO[N+](=O)[O-])c1ccc(-c2ccccc2)c(F)c1. The standard InChI is InChI=1S/C21H22FNO7S2/c1-15(17-7-8-18(19(22)13-17)16-5-3-2-4-6-16)21(25)29-14-20(24)28-9-11-31-32-12-10-30-23(26)27/h2-8,13,15H,9-12,14H2,1H3. The first-order valence-electron chi connectivity index (χ1n) is 9.57. The molecule has 0 aromatic heterocycles. The van der Waals surface area contributed by atoms with Crippen LogP contribution < -0.4 is 0 Å². The molecule has 1 atom stereocenters. The first kappa shape index (κ1) is 25.5. The Balaban J connectivity index is 1.69. The molecule has 1 unspecified atom stereocenters. The lowest BCUT2D eigenvalue weighted by atomic mass is 9.97. The summed E-state index contributed by atoms with van der Waals surface area (Å²) in [5.41, 5.74) is 1.60. The van der Waals surface area contributed by atoms with Crippen molar-refractivity contribution in [2.24, 2.45) is 0 Å². The molecule has 0 amide bonds. The van der Waals surface area contributed by atoms with Crippen LogP contribution in [-0.2, 0) is 23.9 Å². The van der Waals surface area contributed by atoms with E-state index in [1.165, 1.54) is 27.7 Å². The molecular weight excluding hydrogens is 461 g/mol. The second kappa shape index (κ2) is 13.6. The fraction of sp³-hybridized carbons (Fsp3) is 0.333. The van der Waals surface area contributed by atoms with Crippen molar-refractivity contribution in [3.05, 3.63) is 70.0 Å². The van der Waals surface area contributed by atoms with Gasteiger partial charge in [-0.25, -0.2) is 9.18 Å². The first-order valence-corrected chi connectivity index (χ1v) is 12.1. The third kappa shape index (κ3) is 8.75. The van der Waals surface area contributed by atoms with Crippen LogP contribution in [-0.4, -0.2) is 48.4 Å². The molecule has 0 aliphatic rings. The summed E-state index contributed by atoms with van der Waals surface area (Å²) in [5, 5.41) is 9.13. The minimum Gasteiger partial charge on any atom is -0.462 e. The second-order valence-corrected chi connectivity index (χ2v) is 9.06. The summed E-state index contributed by atoms with van der Waals surface area (Å²) in [6, 6.07) is 13.6. The van der Waals surface area contributed by atoms with Crippen molar-refractivity contribution in [2.75, 3.05) is 31.3 Å². The fourth-order valence-electron chi connectivity index (χ4n) is 2.54. The minimum atomic E-state index is -0.856. The van der Waals surface area contributed by atoms with Gasteiger partial charge in [-0.15, -0.1) is 10.1 Å². The van der Waals surface area contributed by atoms with Crippen molar-refractivity contribution in [3.8, 4) is 11.1 Å². The van der Waals surface area contributed by atoms with E-state index in [1.54, 1.807) is 31.2 Å². The number of halogens is 1. The van der Waals surface area contributed by atoms with E-state index in [2.05, 4.69) is 4.84 Å². The molecule has 0 saturated carbocycles. The highest BCUT2D eigenvalue weighted by atomic mass is 33.1. The van der Waals surface area contributed by atoms with Crippen LogP contribution in [0.25, 0.3) is 11.1 Å². The minimum absolute atomic E-state index is 0.0164. The van der Waals surface area contributed by atoms with Crippen LogP contribution in [0.15, 0.2) is 48.5 Å². The molecule has 0 N–H and O–H groups in total. The number of esters is 2.